The van der Waals surface area contributed by atoms with E-state index in [0.29, 0.717) is 18.6 Å². The molecule has 1 fully saturated rings. The second-order valence-corrected chi connectivity index (χ2v) is 9.34. The number of hydrogen-bond donors (Lipinski definition) is 0. The van der Waals surface area contributed by atoms with E-state index in [1.54, 1.807) is 31.3 Å². The molecule has 2 atom stereocenters. The SMILES string of the molecule is CC(C)OCc1ccc(C(=O)O[C@H](C)C(=O)N(C)[C@H]2CCS(=O)(=O)C2)cc1. The van der Waals surface area contributed by atoms with Crippen molar-refractivity contribution < 1.29 is 27.5 Å². The van der Waals surface area contributed by atoms with Gasteiger partial charge in [0.25, 0.3) is 5.91 Å². The molecule has 1 aliphatic heterocycles. The lowest BCUT2D eigenvalue weighted by molar-refractivity contribution is -0.140. The van der Waals surface area contributed by atoms with Crippen molar-refractivity contribution in [2.75, 3.05) is 18.6 Å². The highest BCUT2D eigenvalue weighted by Crippen LogP contribution is 2.18. The van der Waals surface area contributed by atoms with Crippen LogP contribution in [0.3, 0.4) is 0 Å². The van der Waals surface area contributed by atoms with Crippen LogP contribution in [0.4, 0.5) is 0 Å². The number of hydrogen-bond acceptors (Lipinski definition) is 6. The zero-order valence-corrected chi connectivity index (χ0v) is 17.0. The van der Waals surface area contributed by atoms with Gasteiger partial charge in [0.15, 0.2) is 15.9 Å². The molecule has 0 saturated carbocycles. The van der Waals surface area contributed by atoms with Crippen LogP contribution in [0.5, 0.6) is 0 Å². The minimum Gasteiger partial charge on any atom is -0.449 e. The topological polar surface area (TPSA) is 90.0 Å². The molecule has 150 valence electrons. The molecule has 7 nitrogen and oxygen atoms in total. The fourth-order valence-corrected chi connectivity index (χ4v) is 4.60. The van der Waals surface area contributed by atoms with Gasteiger partial charge in [0, 0.05) is 13.1 Å². The first kappa shape index (κ1) is 21.4. The predicted molar refractivity (Wildman–Crippen MR) is 101 cm³/mol. The number of carbonyl (C=O) groups excluding carboxylic acids is 2. The summed E-state index contributed by atoms with van der Waals surface area (Å²) in [6.07, 6.45) is -0.464. The average molecular weight is 397 g/mol. The van der Waals surface area contributed by atoms with Gasteiger partial charge in [0.2, 0.25) is 0 Å². The van der Waals surface area contributed by atoms with E-state index in [0.717, 1.165) is 5.56 Å². The lowest BCUT2D eigenvalue weighted by atomic mass is 10.1. The Hall–Kier alpha value is -1.93. The summed E-state index contributed by atoms with van der Waals surface area (Å²) in [6.45, 7) is 5.84. The molecular formula is C19H27NO6S. The summed E-state index contributed by atoms with van der Waals surface area (Å²) in [5.74, 6) is -0.974. The second kappa shape index (κ2) is 8.84. The smallest absolute Gasteiger partial charge is 0.338 e. The Balaban J connectivity index is 1.91. The molecule has 0 radical (unpaired) electrons. The van der Waals surface area contributed by atoms with Crippen LogP contribution >= 0.6 is 0 Å². The van der Waals surface area contributed by atoms with Gasteiger partial charge >= 0.3 is 5.97 Å². The Morgan fingerprint density at radius 2 is 1.81 bits per heavy atom. The molecular weight excluding hydrogens is 370 g/mol. The molecule has 1 aliphatic rings. The Labute approximate surface area is 160 Å². The van der Waals surface area contributed by atoms with E-state index in [2.05, 4.69) is 0 Å². The van der Waals surface area contributed by atoms with Crippen molar-refractivity contribution in [1.82, 2.24) is 4.90 Å². The van der Waals surface area contributed by atoms with Gasteiger partial charge in [0.1, 0.15) is 0 Å². The van der Waals surface area contributed by atoms with Crippen molar-refractivity contribution in [2.24, 2.45) is 0 Å². The third kappa shape index (κ3) is 6.04. The van der Waals surface area contributed by atoms with Gasteiger partial charge in [-0.05, 0) is 44.9 Å². The predicted octanol–water partition coefficient (Wildman–Crippen LogP) is 1.80. The molecule has 0 spiro atoms. The minimum absolute atomic E-state index is 0.0458. The lowest BCUT2D eigenvalue weighted by Crippen LogP contribution is -2.44. The Morgan fingerprint density at radius 1 is 1.19 bits per heavy atom. The number of amides is 1. The summed E-state index contributed by atoms with van der Waals surface area (Å²) in [4.78, 5) is 26.1. The Bertz CT molecular complexity index is 772. The number of sulfone groups is 1. The number of carbonyl (C=O) groups is 2. The second-order valence-electron chi connectivity index (χ2n) is 7.11. The van der Waals surface area contributed by atoms with Crippen molar-refractivity contribution in [3.8, 4) is 0 Å². The summed E-state index contributed by atoms with van der Waals surface area (Å²) in [7, 11) is -1.55. The van der Waals surface area contributed by atoms with Crippen LogP contribution < -0.4 is 0 Å². The fourth-order valence-electron chi connectivity index (χ4n) is 2.83. The van der Waals surface area contributed by atoms with Gasteiger partial charge in [-0.25, -0.2) is 13.2 Å². The highest BCUT2D eigenvalue weighted by molar-refractivity contribution is 7.91. The third-order valence-electron chi connectivity index (χ3n) is 4.51. The molecule has 1 aromatic carbocycles. The zero-order valence-electron chi connectivity index (χ0n) is 16.2. The van der Waals surface area contributed by atoms with Crippen LogP contribution in [0.2, 0.25) is 0 Å². The zero-order chi connectivity index (χ0) is 20.2. The van der Waals surface area contributed by atoms with E-state index < -0.39 is 27.8 Å². The van der Waals surface area contributed by atoms with Crippen LogP contribution in [-0.2, 0) is 30.7 Å². The molecule has 1 amide bonds. The number of rotatable bonds is 7. The number of nitrogens with zero attached hydrogens (tertiary/aromatic N) is 1. The van der Waals surface area contributed by atoms with Crippen molar-refractivity contribution in [2.45, 2.75) is 52.0 Å². The van der Waals surface area contributed by atoms with E-state index in [-0.39, 0.29) is 23.7 Å². The highest BCUT2D eigenvalue weighted by atomic mass is 32.2. The first-order valence-electron chi connectivity index (χ1n) is 8.97. The molecule has 1 saturated heterocycles. The van der Waals surface area contributed by atoms with Crippen LogP contribution in [0.25, 0.3) is 0 Å². The van der Waals surface area contributed by atoms with Crippen molar-refractivity contribution in [3.05, 3.63) is 35.4 Å². The van der Waals surface area contributed by atoms with Crippen molar-refractivity contribution in [1.29, 1.82) is 0 Å². The molecule has 0 unspecified atom stereocenters. The molecule has 0 N–H and O–H groups in total. The summed E-state index contributed by atoms with van der Waals surface area (Å²) in [6, 6.07) is 6.45. The number of ether oxygens (including phenoxy) is 2. The average Bonchev–Trinajstić information content (AvgIpc) is 2.98. The monoisotopic (exact) mass is 397 g/mol. The van der Waals surface area contributed by atoms with Gasteiger partial charge in [-0.1, -0.05) is 12.1 Å². The molecule has 2 rings (SSSR count). The molecule has 8 heteroatoms. The Kier molecular flexibility index (Phi) is 7.00. The van der Waals surface area contributed by atoms with Gasteiger partial charge in [-0.15, -0.1) is 0 Å². The van der Waals surface area contributed by atoms with Gasteiger partial charge < -0.3 is 14.4 Å². The lowest BCUT2D eigenvalue weighted by Gasteiger charge is -2.26. The minimum atomic E-state index is -3.09. The van der Waals surface area contributed by atoms with E-state index in [1.807, 2.05) is 13.8 Å². The van der Waals surface area contributed by atoms with E-state index in [4.69, 9.17) is 9.47 Å². The molecule has 0 aromatic heterocycles. The molecule has 0 aliphatic carbocycles. The standard InChI is InChI=1S/C19H27NO6S/c1-13(2)25-11-15-5-7-16(8-6-15)19(22)26-14(3)18(21)20(4)17-9-10-27(23,24)12-17/h5-8,13-14,17H,9-12H2,1-4H3/t14-,17+/m1/s1. The summed E-state index contributed by atoms with van der Waals surface area (Å²) in [5, 5.41) is 0. The Morgan fingerprint density at radius 3 is 2.33 bits per heavy atom. The number of esters is 1. The van der Waals surface area contributed by atoms with Crippen LogP contribution in [0, 0.1) is 0 Å². The third-order valence-corrected chi connectivity index (χ3v) is 6.26. The van der Waals surface area contributed by atoms with Crippen LogP contribution in [0.15, 0.2) is 24.3 Å². The largest absolute Gasteiger partial charge is 0.449 e. The van der Waals surface area contributed by atoms with Crippen LogP contribution in [-0.4, -0.2) is 62.0 Å². The summed E-state index contributed by atoms with van der Waals surface area (Å²) in [5.41, 5.74) is 1.28. The van der Waals surface area contributed by atoms with Gasteiger partial charge in [0.05, 0.1) is 29.8 Å². The quantitative estimate of drug-likeness (QED) is 0.652. The van der Waals surface area contributed by atoms with E-state index >= 15 is 0 Å². The van der Waals surface area contributed by atoms with E-state index in [9.17, 15) is 18.0 Å². The first-order valence-corrected chi connectivity index (χ1v) is 10.8. The van der Waals surface area contributed by atoms with Gasteiger partial charge in [-0.3, -0.25) is 4.79 Å². The van der Waals surface area contributed by atoms with Crippen LogP contribution in [0.1, 0.15) is 43.1 Å². The maximum absolute atomic E-state index is 12.4. The molecule has 0 bridgehead atoms. The molecule has 27 heavy (non-hydrogen) atoms. The van der Waals surface area contributed by atoms with Crippen molar-refractivity contribution in [3.63, 3.8) is 0 Å². The van der Waals surface area contributed by atoms with Gasteiger partial charge in [-0.2, -0.15) is 0 Å². The highest BCUT2D eigenvalue weighted by Gasteiger charge is 2.35. The molecule has 1 aromatic rings. The molecule has 1 heterocycles. The normalized spacial score (nSPS) is 19.7. The number of benzene rings is 1. The fraction of sp³-hybridized carbons (Fsp3) is 0.579. The number of likely N-dealkylation sites (N-methyl/N-ethyl adjacent to an activating group) is 1. The summed E-state index contributed by atoms with van der Waals surface area (Å²) < 4.78 is 33.9. The first-order chi connectivity index (χ1) is 12.6. The van der Waals surface area contributed by atoms with E-state index in [1.165, 1.54) is 11.8 Å². The van der Waals surface area contributed by atoms with Crippen molar-refractivity contribution >= 4 is 21.7 Å². The summed E-state index contributed by atoms with van der Waals surface area (Å²) >= 11 is 0. The maximum atomic E-state index is 12.4. The maximum Gasteiger partial charge on any atom is 0.338 e.